The van der Waals surface area contributed by atoms with E-state index in [4.69, 9.17) is 21.1 Å². The summed E-state index contributed by atoms with van der Waals surface area (Å²) < 4.78 is 8.13. The van der Waals surface area contributed by atoms with E-state index in [1.807, 2.05) is 67.6 Å². The van der Waals surface area contributed by atoms with Gasteiger partial charge >= 0.3 is 0 Å². The number of hydrogen-bond acceptors (Lipinski definition) is 6. The van der Waals surface area contributed by atoms with Crippen LogP contribution in [0.1, 0.15) is 24.3 Å². The average molecular weight is 557 g/mol. The molecule has 0 bridgehead atoms. The number of carbonyl (C=O) groups excluding carboxylic acids is 1. The maximum Gasteiger partial charge on any atom is 0.256 e. The highest BCUT2D eigenvalue weighted by atomic mass is 79.9. The van der Waals surface area contributed by atoms with E-state index < -0.39 is 6.04 Å². The molecule has 2 aromatic heterocycles. The number of anilines is 2. The second-order valence-electron chi connectivity index (χ2n) is 7.57. The van der Waals surface area contributed by atoms with Crippen molar-refractivity contribution in [3.63, 3.8) is 0 Å². The van der Waals surface area contributed by atoms with E-state index in [0.717, 1.165) is 5.56 Å². The SMILES string of the molecule is CC1=C(C(=O)Nc2ccccc2)C(c2ccc(Br)o2)n2nc(SCc3ccccc3Cl)nc2N1. The highest BCUT2D eigenvalue weighted by Crippen LogP contribution is 2.38. The molecule has 1 aliphatic rings. The number of halogens is 2. The topological polar surface area (TPSA) is 85.0 Å². The monoisotopic (exact) mass is 555 g/mol. The van der Waals surface area contributed by atoms with Gasteiger partial charge in [0.1, 0.15) is 11.8 Å². The molecule has 5 rings (SSSR count). The van der Waals surface area contributed by atoms with Crippen molar-refractivity contribution in [1.82, 2.24) is 14.8 Å². The van der Waals surface area contributed by atoms with E-state index in [1.165, 1.54) is 11.8 Å². The van der Waals surface area contributed by atoms with Crippen LogP contribution in [0.15, 0.2) is 92.2 Å². The van der Waals surface area contributed by atoms with Crippen molar-refractivity contribution < 1.29 is 9.21 Å². The molecule has 2 aromatic carbocycles. The van der Waals surface area contributed by atoms with Crippen LogP contribution >= 0.6 is 39.3 Å². The van der Waals surface area contributed by atoms with Crippen molar-refractivity contribution in [1.29, 1.82) is 0 Å². The van der Waals surface area contributed by atoms with Gasteiger partial charge in [-0.3, -0.25) is 4.79 Å². The Kier molecular flexibility index (Phi) is 6.49. The van der Waals surface area contributed by atoms with Gasteiger partial charge in [-0.25, -0.2) is 4.68 Å². The lowest BCUT2D eigenvalue weighted by Crippen LogP contribution is -2.31. The molecule has 1 unspecified atom stereocenters. The average Bonchev–Trinajstić information content (AvgIpc) is 3.43. The van der Waals surface area contributed by atoms with Gasteiger partial charge in [0.15, 0.2) is 4.67 Å². The Morgan fingerprint density at radius 3 is 2.68 bits per heavy atom. The van der Waals surface area contributed by atoms with Gasteiger partial charge in [0.2, 0.25) is 11.1 Å². The molecule has 34 heavy (non-hydrogen) atoms. The van der Waals surface area contributed by atoms with E-state index >= 15 is 0 Å². The molecule has 0 spiro atoms. The minimum absolute atomic E-state index is 0.250. The van der Waals surface area contributed by atoms with E-state index in [-0.39, 0.29) is 5.91 Å². The molecule has 0 fully saturated rings. The summed E-state index contributed by atoms with van der Waals surface area (Å²) in [6, 6.07) is 20.0. The number of furan rings is 1. The van der Waals surface area contributed by atoms with Gasteiger partial charge in [-0.15, -0.1) is 5.10 Å². The Morgan fingerprint density at radius 2 is 1.94 bits per heavy atom. The van der Waals surface area contributed by atoms with Crippen molar-refractivity contribution in [3.8, 4) is 0 Å². The first-order chi connectivity index (χ1) is 16.5. The summed E-state index contributed by atoms with van der Waals surface area (Å²) in [6.07, 6.45) is 0. The van der Waals surface area contributed by atoms with Crippen molar-refractivity contribution in [2.24, 2.45) is 0 Å². The number of hydrogen-bond donors (Lipinski definition) is 2. The van der Waals surface area contributed by atoms with Gasteiger partial charge in [-0.2, -0.15) is 4.98 Å². The van der Waals surface area contributed by atoms with E-state index in [9.17, 15) is 4.79 Å². The number of fused-ring (bicyclic) bond motifs is 1. The second kappa shape index (κ2) is 9.69. The first-order valence-corrected chi connectivity index (χ1v) is 12.6. The lowest BCUT2D eigenvalue weighted by molar-refractivity contribution is -0.113. The molecule has 1 aliphatic heterocycles. The molecular formula is C24H19BrClN5O2S. The minimum atomic E-state index is -0.589. The fourth-order valence-electron chi connectivity index (χ4n) is 3.70. The molecule has 0 saturated carbocycles. The number of para-hydroxylation sites is 1. The lowest BCUT2D eigenvalue weighted by Gasteiger charge is -2.27. The van der Waals surface area contributed by atoms with Gasteiger partial charge in [0, 0.05) is 22.2 Å². The number of amides is 1. The first-order valence-electron chi connectivity index (χ1n) is 10.4. The highest BCUT2D eigenvalue weighted by Gasteiger charge is 2.36. The van der Waals surface area contributed by atoms with Crippen molar-refractivity contribution in [2.45, 2.75) is 23.9 Å². The third kappa shape index (κ3) is 4.64. The molecule has 2 N–H and O–H groups in total. The molecule has 1 atom stereocenters. The third-order valence-electron chi connectivity index (χ3n) is 5.29. The Morgan fingerprint density at radius 1 is 1.18 bits per heavy atom. The summed E-state index contributed by atoms with van der Waals surface area (Å²) in [5, 5.41) is 12.2. The van der Waals surface area contributed by atoms with Crippen LogP contribution < -0.4 is 10.6 Å². The number of nitrogens with zero attached hydrogens (tertiary/aromatic N) is 3. The molecule has 10 heteroatoms. The normalized spacial score (nSPS) is 15.1. The van der Waals surface area contributed by atoms with E-state index in [1.54, 1.807) is 10.7 Å². The lowest BCUT2D eigenvalue weighted by atomic mass is 10.00. The first kappa shape index (κ1) is 22.8. The van der Waals surface area contributed by atoms with Crippen LogP contribution in [0.4, 0.5) is 11.6 Å². The number of rotatable bonds is 6. The van der Waals surface area contributed by atoms with E-state index in [2.05, 4.69) is 31.5 Å². The number of benzene rings is 2. The summed E-state index contributed by atoms with van der Waals surface area (Å²) in [7, 11) is 0. The van der Waals surface area contributed by atoms with Gasteiger partial charge in [0.25, 0.3) is 5.91 Å². The van der Waals surface area contributed by atoms with Gasteiger partial charge < -0.3 is 15.1 Å². The Labute approximate surface area is 213 Å². The Balaban J connectivity index is 1.48. The van der Waals surface area contributed by atoms with Crippen LogP contribution in [0.5, 0.6) is 0 Å². The summed E-state index contributed by atoms with van der Waals surface area (Å²) in [5.74, 6) is 1.47. The Bertz CT molecular complexity index is 1390. The zero-order valence-corrected chi connectivity index (χ0v) is 21.1. The zero-order valence-electron chi connectivity index (χ0n) is 18.0. The summed E-state index contributed by atoms with van der Waals surface area (Å²) in [6.45, 7) is 1.85. The molecule has 0 saturated heterocycles. The quantitative estimate of drug-likeness (QED) is 0.264. The molecule has 7 nitrogen and oxygen atoms in total. The van der Waals surface area contributed by atoms with Crippen LogP contribution in [-0.2, 0) is 10.5 Å². The standard InChI is InChI=1S/C24H19BrClN5O2S/c1-14-20(22(32)28-16-8-3-2-4-9-16)21(18-11-12-19(25)33-18)31-23(27-14)29-24(30-31)34-13-15-7-5-6-10-17(15)26/h2-12,21H,13H2,1H3,(H,28,32)(H,27,29,30). The third-order valence-corrected chi connectivity index (χ3v) is 6.97. The maximum absolute atomic E-state index is 13.4. The molecule has 4 aromatic rings. The van der Waals surface area contributed by atoms with Gasteiger partial charge in [-0.1, -0.05) is 59.8 Å². The molecule has 1 amide bonds. The molecule has 172 valence electrons. The maximum atomic E-state index is 13.4. The number of nitrogens with one attached hydrogen (secondary N) is 2. The van der Waals surface area contributed by atoms with Crippen LogP contribution in [-0.4, -0.2) is 20.7 Å². The minimum Gasteiger partial charge on any atom is -0.452 e. The predicted octanol–water partition coefficient (Wildman–Crippen LogP) is 6.51. The fourth-order valence-corrected chi connectivity index (χ4v) is 5.14. The van der Waals surface area contributed by atoms with Crippen LogP contribution in [0.25, 0.3) is 0 Å². The van der Waals surface area contributed by atoms with Crippen LogP contribution in [0.3, 0.4) is 0 Å². The fraction of sp³-hybridized carbons (Fsp3) is 0.125. The summed E-state index contributed by atoms with van der Waals surface area (Å²) >= 11 is 11.1. The van der Waals surface area contributed by atoms with Crippen LogP contribution in [0, 0.1) is 0 Å². The molecular weight excluding hydrogens is 538 g/mol. The predicted molar refractivity (Wildman–Crippen MR) is 137 cm³/mol. The highest BCUT2D eigenvalue weighted by molar-refractivity contribution is 9.10. The number of thioether (sulfide) groups is 1. The number of aromatic nitrogens is 3. The van der Waals surface area contributed by atoms with Gasteiger partial charge in [-0.05, 0) is 58.7 Å². The number of carbonyl (C=O) groups is 1. The largest absolute Gasteiger partial charge is 0.452 e. The molecule has 3 heterocycles. The summed E-state index contributed by atoms with van der Waals surface area (Å²) in [4.78, 5) is 18.0. The van der Waals surface area contributed by atoms with Crippen molar-refractivity contribution in [3.05, 3.63) is 99.0 Å². The second-order valence-corrected chi connectivity index (χ2v) is 9.70. The van der Waals surface area contributed by atoms with Crippen molar-refractivity contribution in [2.75, 3.05) is 10.6 Å². The molecule has 0 radical (unpaired) electrons. The smallest absolute Gasteiger partial charge is 0.256 e. The van der Waals surface area contributed by atoms with E-state index in [0.29, 0.717) is 49.3 Å². The summed E-state index contributed by atoms with van der Waals surface area (Å²) in [5.41, 5.74) is 2.87. The van der Waals surface area contributed by atoms with Crippen molar-refractivity contribution >= 4 is 56.8 Å². The molecule has 0 aliphatic carbocycles. The zero-order chi connectivity index (χ0) is 23.7. The number of allylic oxidation sites excluding steroid dienone is 1. The Hall–Kier alpha value is -3.01. The van der Waals surface area contributed by atoms with Gasteiger partial charge in [0.05, 0.1) is 5.57 Å². The van der Waals surface area contributed by atoms with Crippen LogP contribution in [0.2, 0.25) is 5.02 Å².